The molecule has 80 valence electrons. The van der Waals surface area contributed by atoms with Gasteiger partial charge in [0.2, 0.25) is 0 Å². The number of nitrogens with zero attached hydrogens (tertiary/aromatic N) is 2. The quantitative estimate of drug-likeness (QED) is 0.883. The molecule has 0 bridgehead atoms. The van der Waals surface area contributed by atoms with E-state index in [9.17, 15) is 8.78 Å². The van der Waals surface area contributed by atoms with Gasteiger partial charge >= 0.3 is 0 Å². The molecule has 0 saturated carbocycles. The first kappa shape index (κ1) is 11.6. The molecule has 0 aliphatic carbocycles. The van der Waals surface area contributed by atoms with Crippen molar-refractivity contribution in [1.82, 2.24) is 15.1 Å². The first-order valence-electron chi connectivity index (χ1n) is 4.30. The van der Waals surface area contributed by atoms with E-state index in [1.54, 1.807) is 6.92 Å². The molecule has 1 aromatic heterocycles. The molecular weight excluding hydrogens is 256 g/mol. The Morgan fingerprint density at radius 3 is 2.86 bits per heavy atom. The van der Waals surface area contributed by atoms with Crippen LogP contribution in [0.4, 0.5) is 8.78 Å². The van der Waals surface area contributed by atoms with Gasteiger partial charge in [-0.3, -0.25) is 4.68 Å². The topological polar surface area (TPSA) is 29.9 Å². The smallest absolute Gasteiger partial charge is 0.279 e. The van der Waals surface area contributed by atoms with E-state index in [1.807, 2.05) is 0 Å². The molecule has 0 aliphatic rings. The highest BCUT2D eigenvalue weighted by Crippen LogP contribution is 2.16. The largest absolute Gasteiger partial charge is 0.311 e. The Morgan fingerprint density at radius 1 is 1.64 bits per heavy atom. The standard InChI is InChI=1S/C8H12BrF2N3/c1-2-12-5-8(10,11)6-14-4-7(9)3-13-14/h3-4,12H,2,5-6H2,1H3. The highest BCUT2D eigenvalue weighted by molar-refractivity contribution is 9.10. The Bertz CT molecular complexity index is 288. The zero-order valence-electron chi connectivity index (χ0n) is 7.80. The fourth-order valence-electron chi connectivity index (χ4n) is 1.03. The molecular formula is C8H12BrF2N3. The summed E-state index contributed by atoms with van der Waals surface area (Å²) >= 11 is 3.15. The first-order chi connectivity index (χ1) is 6.53. The second-order valence-electron chi connectivity index (χ2n) is 2.99. The van der Waals surface area contributed by atoms with Crippen LogP contribution in [-0.2, 0) is 6.54 Å². The monoisotopic (exact) mass is 267 g/mol. The molecule has 0 aliphatic heterocycles. The summed E-state index contributed by atoms with van der Waals surface area (Å²) in [6.07, 6.45) is 3.02. The molecule has 0 saturated heterocycles. The van der Waals surface area contributed by atoms with Crippen molar-refractivity contribution >= 4 is 15.9 Å². The van der Waals surface area contributed by atoms with Crippen LogP contribution >= 0.6 is 15.9 Å². The van der Waals surface area contributed by atoms with E-state index in [1.165, 1.54) is 17.1 Å². The Morgan fingerprint density at radius 2 is 2.36 bits per heavy atom. The van der Waals surface area contributed by atoms with Crippen molar-refractivity contribution in [1.29, 1.82) is 0 Å². The van der Waals surface area contributed by atoms with Gasteiger partial charge in [-0.1, -0.05) is 6.92 Å². The van der Waals surface area contributed by atoms with Crippen LogP contribution in [-0.4, -0.2) is 28.8 Å². The van der Waals surface area contributed by atoms with Gasteiger partial charge in [-0.2, -0.15) is 5.10 Å². The van der Waals surface area contributed by atoms with Crippen molar-refractivity contribution in [3.63, 3.8) is 0 Å². The maximum atomic E-state index is 13.2. The molecule has 3 nitrogen and oxygen atoms in total. The molecule has 0 fully saturated rings. The van der Waals surface area contributed by atoms with Gasteiger partial charge in [0.05, 0.1) is 17.2 Å². The van der Waals surface area contributed by atoms with Crippen LogP contribution in [0.2, 0.25) is 0 Å². The third kappa shape index (κ3) is 3.71. The third-order valence-electron chi connectivity index (χ3n) is 1.63. The van der Waals surface area contributed by atoms with Gasteiger partial charge in [0.25, 0.3) is 5.92 Å². The molecule has 1 aromatic rings. The Labute approximate surface area is 89.6 Å². The van der Waals surface area contributed by atoms with Crippen LogP contribution in [0.5, 0.6) is 0 Å². The minimum atomic E-state index is -2.76. The summed E-state index contributed by atoms with van der Waals surface area (Å²) in [5.41, 5.74) is 0. The summed E-state index contributed by atoms with van der Waals surface area (Å²) in [5, 5.41) is 6.38. The number of hydrogen-bond donors (Lipinski definition) is 1. The number of aromatic nitrogens is 2. The van der Waals surface area contributed by atoms with Crippen molar-refractivity contribution in [3.05, 3.63) is 16.9 Å². The lowest BCUT2D eigenvalue weighted by Crippen LogP contribution is -2.36. The van der Waals surface area contributed by atoms with Crippen LogP contribution < -0.4 is 5.32 Å². The van der Waals surface area contributed by atoms with Gasteiger partial charge in [0.15, 0.2) is 0 Å². The van der Waals surface area contributed by atoms with Crippen LogP contribution in [0, 0.1) is 0 Å². The van der Waals surface area contributed by atoms with Gasteiger partial charge in [0.1, 0.15) is 6.54 Å². The fraction of sp³-hybridized carbons (Fsp3) is 0.625. The molecule has 0 amide bonds. The minimum absolute atomic E-state index is 0.318. The summed E-state index contributed by atoms with van der Waals surface area (Å²) in [5.74, 6) is -2.76. The van der Waals surface area contributed by atoms with E-state index in [-0.39, 0.29) is 6.54 Å². The average Bonchev–Trinajstić information content (AvgIpc) is 2.47. The lowest BCUT2D eigenvalue weighted by Gasteiger charge is -2.16. The minimum Gasteiger partial charge on any atom is -0.311 e. The number of halogens is 3. The summed E-state index contributed by atoms with van der Waals surface area (Å²) in [4.78, 5) is 0. The van der Waals surface area contributed by atoms with E-state index in [0.29, 0.717) is 11.0 Å². The molecule has 0 unspecified atom stereocenters. The Hall–Kier alpha value is -0.490. The van der Waals surface area contributed by atoms with Crippen molar-refractivity contribution in [2.45, 2.75) is 19.4 Å². The number of nitrogens with one attached hydrogen (secondary N) is 1. The lowest BCUT2D eigenvalue weighted by molar-refractivity contribution is -0.0174. The van der Waals surface area contributed by atoms with Crippen LogP contribution in [0.1, 0.15) is 6.92 Å². The molecule has 0 atom stereocenters. The predicted molar refractivity (Wildman–Crippen MR) is 53.4 cm³/mol. The molecule has 1 N–H and O–H groups in total. The highest BCUT2D eigenvalue weighted by Gasteiger charge is 2.29. The predicted octanol–water partition coefficient (Wildman–Crippen LogP) is 1.89. The highest BCUT2D eigenvalue weighted by atomic mass is 79.9. The SMILES string of the molecule is CCNCC(F)(F)Cn1cc(Br)cn1. The number of rotatable bonds is 5. The number of alkyl halides is 2. The van der Waals surface area contributed by atoms with E-state index in [0.717, 1.165) is 0 Å². The fourth-order valence-corrected chi connectivity index (χ4v) is 1.35. The Balaban J connectivity index is 2.49. The summed E-state index contributed by atoms with van der Waals surface area (Å²) in [6.45, 7) is 1.62. The van der Waals surface area contributed by atoms with Gasteiger partial charge in [-0.05, 0) is 22.5 Å². The Kier molecular flexibility index (Phi) is 4.00. The molecule has 1 heterocycles. The molecule has 0 spiro atoms. The second kappa shape index (κ2) is 4.84. The van der Waals surface area contributed by atoms with Crippen molar-refractivity contribution in [2.75, 3.05) is 13.1 Å². The van der Waals surface area contributed by atoms with Gasteiger partial charge < -0.3 is 5.32 Å². The van der Waals surface area contributed by atoms with E-state index >= 15 is 0 Å². The molecule has 0 aromatic carbocycles. The zero-order chi connectivity index (χ0) is 10.6. The number of hydrogen-bond acceptors (Lipinski definition) is 2. The molecule has 0 radical (unpaired) electrons. The average molecular weight is 268 g/mol. The van der Waals surface area contributed by atoms with Gasteiger partial charge in [0, 0.05) is 6.20 Å². The normalized spacial score (nSPS) is 12.0. The van der Waals surface area contributed by atoms with E-state index < -0.39 is 12.5 Å². The van der Waals surface area contributed by atoms with Crippen molar-refractivity contribution < 1.29 is 8.78 Å². The van der Waals surface area contributed by atoms with E-state index in [4.69, 9.17) is 0 Å². The molecule has 14 heavy (non-hydrogen) atoms. The maximum Gasteiger partial charge on any atom is 0.279 e. The first-order valence-corrected chi connectivity index (χ1v) is 5.09. The van der Waals surface area contributed by atoms with Crippen LogP contribution in [0.15, 0.2) is 16.9 Å². The molecule has 6 heteroatoms. The van der Waals surface area contributed by atoms with Crippen LogP contribution in [0.3, 0.4) is 0 Å². The second-order valence-corrected chi connectivity index (χ2v) is 3.91. The lowest BCUT2D eigenvalue weighted by atomic mass is 10.3. The summed E-state index contributed by atoms with van der Waals surface area (Å²) < 4.78 is 28.3. The van der Waals surface area contributed by atoms with Gasteiger partial charge in [-0.25, -0.2) is 8.78 Å². The summed E-state index contributed by atoms with van der Waals surface area (Å²) in [6, 6.07) is 0. The third-order valence-corrected chi connectivity index (χ3v) is 2.04. The summed E-state index contributed by atoms with van der Waals surface area (Å²) in [7, 11) is 0. The van der Waals surface area contributed by atoms with Crippen molar-refractivity contribution in [3.8, 4) is 0 Å². The molecule has 1 rings (SSSR count). The van der Waals surface area contributed by atoms with E-state index in [2.05, 4.69) is 26.3 Å². The zero-order valence-corrected chi connectivity index (χ0v) is 9.39. The van der Waals surface area contributed by atoms with Crippen molar-refractivity contribution in [2.24, 2.45) is 0 Å². The van der Waals surface area contributed by atoms with Crippen LogP contribution in [0.25, 0.3) is 0 Å². The maximum absolute atomic E-state index is 13.2. The van der Waals surface area contributed by atoms with Gasteiger partial charge in [-0.15, -0.1) is 0 Å².